The molecule has 2 heterocycles. The molecule has 1 fully saturated rings. The highest BCUT2D eigenvalue weighted by molar-refractivity contribution is 5.97. The van der Waals surface area contributed by atoms with E-state index >= 15 is 0 Å². The molecule has 0 saturated carbocycles. The number of benzene rings is 3. The van der Waals surface area contributed by atoms with Crippen LogP contribution >= 0.6 is 0 Å². The summed E-state index contributed by atoms with van der Waals surface area (Å²) >= 11 is 0. The van der Waals surface area contributed by atoms with E-state index < -0.39 is 6.09 Å². The van der Waals surface area contributed by atoms with Crippen LogP contribution in [-0.2, 0) is 16.1 Å². The second-order valence-corrected chi connectivity index (χ2v) is 10.7. The maximum atomic E-state index is 13.5. The van der Waals surface area contributed by atoms with Gasteiger partial charge < -0.3 is 25.1 Å². The van der Waals surface area contributed by atoms with E-state index in [1.165, 1.54) is 0 Å². The van der Waals surface area contributed by atoms with Crippen molar-refractivity contribution in [2.45, 2.75) is 32.2 Å². The number of para-hydroxylation sites is 1. The van der Waals surface area contributed by atoms with E-state index in [-0.39, 0.29) is 24.8 Å². The molecule has 3 N–H and O–H groups in total. The number of piperidine rings is 1. The fourth-order valence-electron chi connectivity index (χ4n) is 5.21. The molecule has 3 amide bonds. The summed E-state index contributed by atoms with van der Waals surface area (Å²) < 4.78 is 10.9. The molecule has 0 aliphatic carbocycles. The van der Waals surface area contributed by atoms with Crippen LogP contribution in [0, 0.1) is 0 Å². The Bertz CT molecular complexity index is 1540. The maximum Gasteiger partial charge on any atom is 0.429 e. The van der Waals surface area contributed by atoms with Crippen molar-refractivity contribution in [3.63, 3.8) is 0 Å². The Kier molecular flexibility index (Phi) is 11.4. The van der Waals surface area contributed by atoms with Crippen LogP contribution < -0.4 is 21.0 Å². The largest absolute Gasteiger partial charge is 0.468 e. The number of carbonyl (C=O) groups excluding carboxylic acids is 3. The lowest BCUT2D eigenvalue weighted by Gasteiger charge is -2.37. The molecule has 0 bridgehead atoms. The molecule has 234 valence electrons. The highest BCUT2D eigenvalue weighted by Gasteiger charge is 2.28. The van der Waals surface area contributed by atoms with E-state index in [0.29, 0.717) is 30.9 Å². The Balaban J connectivity index is 1.13. The minimum atomic E-state index is -0.523. The van der Waals surface area contributed by atoms with E-state index in [9.17, 15) is 14.4 Å². The van der Waals surface area contributed by atoms with Gasteiger partial charge in [0.25, 0.3) is 5.91 Å². The highest BCUT2D eigenvalue weighted by Crippen LogP contribution is 2.33. The van der Waals surface area contributed by atoms with Gasteiger partial charge in [0.1, 0.15) is 12.4 Å². The van der Waals surface area contributed by atoms with Crippen LogP contribution in [-0.4, -0.2) is 55.7 Å². The molecule has 10 nitrogen and oxygen atoms in total. The number of amides is 3. The van der Waals surface area contributed by atoms with Gasteiger partial charge in [0.15, 0.2) is 0 Å². The average Bonchev–Trinajstić information content (AvgIpc) is 3.60. The van der Waals surface area contributed by atoms with E-state index in [1.807, 2.05) is 71.7 Å². The second kappa shape index (κ2) is 16.2. The summed E-state index contributed by atoms with van der Waals surface area (Å²) in [5.41, 5.74) is 3.58. The molecular formula is C35H39N5O5. The first kappa shape index (κ1) is 31.5. The zero-order valence-corrected chi connectivity index (χ0v) is 25.2. The van der Waals surface area contributed by atoms with Crippen molar-refractivity contribution < 1.29 is 23.5 Å². The first-order chi connectivity index (χ1) is 22.1. The lowest BCUT2D eigenvalue weighted by Crippen LogP contribution is -2.49. The maximum absolute atomic E-state index is 13.5. The summed E-state index contributed by atoms with van der Waals surface area (Å²) in [4.78, 5) is 38.9. The van der Waals surface area contributed by atoms with E-state index in [2.05, 4.69) is 16.0 Å². The molecule has 1 aliphatic rings. The quantitative estimate of drug-likeness (QED) is 0.163. The van der Waals surface area contributed by atoms with Crippen LogP contribution in [0.3, 0.4) is 0 Å². The number of anilines is 2. The molecule has 0 unspecified atom stereocenters. The van der Waals surface area contributed by atoms with E-state index in [1.54, 1.807) is 35.5 Å². The first-order valence-corrected chi connectivity index (χ1v) is 15.4. The van der Waals surface area contributed by atoms with Gasteiger partial charge in [0.2, 0.25) is 5.91 Å². The van der Waals surface area contributed by atoms with Gasteiger partial charge in [-0.05, 0) is 54.8 Å². The number of nitrogens with one attached hydrogen (secondary N) is 3. The minimum Gasteiger partial charge on any atom is -0.468 e. The molecule has 3 aromatic carbocycles. The molecule has 4 aromatic rings. The number of nitrogens with zero attached hydrogens (tertiary/aromatic N) is 2. The zero-order chi connectivity index (χ0) is 31.3. The van der Waals surface area contributed by atoms with Crippen LogP contribution in [0.15, 0.2) is 102 Å². The lowest BCUT2D eigenvalue weighted by molar-refractivity contribution is -0.116. The predicted molar refractivity (Wildman–Crippen MR) is 174 cm³/mol. The standard InChI is InChI=1S/C35H39N5O5/c41-33(38-29-14-9-13-28(25-29)34(42)37-20-19-36-26-30-15-10-23-44-30)18-24-45-35(43)40(39-21-7-2-8-22-39)32-17-6-5-16-31(32)27-11-3-1-4-12-27/h1,3-6,9-17,23,25,36H,2,7-8,18-22,24,26H2,(H,37,42)(H,38,41). The summed E-state index contributed by atoms with van der Waals surface area (Å²) in [7, 11) is 0. The number of hydrazine groups is 1. The van der Waals surface area contributed by atoms with Crippen molar-refractivity contribution in [1.29, 1.82) is 0 Å². The molecule has 10 heteroatoms. The summed E-state index contributed by atoms with van der Waals surface area (Å²) in [5.74, 6) is 0.261. The van der Waals surface area contributed by atoms with Gasteiger partial charge in [-0.15, -0.1) is 0 Å². The summed E-state index contributed by atoms with van der Waals surface area (Å²) in [5, 5.41) is 12.5. The van der Waals surface area contributed by atoms with Crippen molar-refractivity contribution in [1.82, 2.24) is 15.6 Å². The van der Waals surface area contributed by atoms with Crippen LogP contribution in [0.5, 0.6) is 0 Å². The number of rotatable bonds is 13. The minimum absolute atomic E-state index is 0.0301. The molecule has 0 radical (unpaired) electrons. The Morgan fingerprint density at radius 2 is 1.64 bits per heavy atom. The van der Waals surface area contributed by atoms with Gasteiger partial charge in [-0.25, -0.2) is 14.8 Å². The number of carbonyl (C=O) groups is 3. The predicted octanol–water partition coefficient (Wildman–Crippen LogP) is 5.84. The molecule has 5 rings (SSSR count). The summed E-state index contributed by atoms with van der Waals surface area (Å²) in [6.45, 7) is 2.99. The van der Waals surface area contributed by atoms with E-state index in [0.717, 1.165) is 54.9 Å². The first-order valence-electron chi connectivity index (χ1n) is 15.4. The third kappa shape index (κ3) is 9.04. The fourth-order valence-corrected chi connectivity index (χ4v) is 5.21. The van der Waals surface area contributed by atoms with Crippen molar-refractivity contribution in [2.75, 3.05) is 43.1 Å². The van der Waals surface area contributed by atoms with Crippen molar-refractivity contribution in [3.05, 3.63) is 109 Å². The van der Waals surface area contributed by atoms with Gasteiger partial charge in [-0.2, -0.15) is 0 Å². The molecule has 1 aliphatic heterocycles. The zero-order valence-electron chi connectivity index (χ0n) is 25.2. The number of furan rings is 1. The van der Waals surface area contributed by atoms with Crippen LogP contribution in [0.2, 0.25) is 0 Å². The van der Waals surface area contributed by atoms with Crippen LogP contribution in [0.1, 0.15) is 41.8 Å². The molecule has 0 atom stereocenters. The number of hydrogen-bond donors (Lipinski definition) is 3. The third-order valence-corrected chi connectivity index (χ3v) is 7.44. The van der Waals surface area contributed by atoms with Crippen molar-refractivity contribution in [3.8, 4) is 11.1 Å². The Morgan fingerprint density at radius 1 is 0.844 bits per heavy atom. The summed E-state index contributed by atoms with van der Waals surface area (Å²) in [6, 6.07) is 28.2. The fraction of sp³-hybridized carbons (Fsp3) is 0.286. The molecular weight excluding hydrogens is 570 g/mol. The second-order valence-electron chi connectivity index (χ2n) is 10.7. The molecule has 1 saturated heterocycles. The van der Waals surface area contributed by atoms with Gasteiger partial charge in [-0.3, -0.25) is 9.59 Å². The lowest BCUT2D eigenvalue weighted by atomic mass is 10.0. The number of hydrogen-bond acceptors (Lipinski definition) is 7. The highest BCUT2D eigenvalue weighted by atomic mass is 16.6. The van der Waals surface area contributed by atoms with E-state index in [4.69, 9.17) is 9.15 Å². The third-order valence-electron chi connectivity index (χ3n) is 7.44. The van der Waals surface area contributed by atoms with Crippen molar-refractivity contribution in [2.24, 2.45) is 0 Å². The molecule has 0 spiro atoms. The van der Waals surface area contributed by atoms with Crippen LogP contribution in [0.4, 0.5) is 16.2 Å². The summed E-state index contributed by atoms with van der Waals surface area (Å²) in [6.07, 6.45) is 4.16. The molecule has 1 aromatic heterocycles. The monoisotopic (exact) mass is 609 g/mol. The topological polar surface area (TPSA) is 116 Å². The Labute approximate surface area is 263 Å². The van der Waals surface area contributed by atoms with Gasteiger partial charge >= 0.3 is 6.09 Å². The van der Waals surface area contributed by atoms with Crippen LogP contribution in [0.25, 0.3) is 11.1 Å². The van der Waals surface area contributed by atoms with Gasteiger partial charge in [-0.1, -0.05) is 61.0 Å². The Hall–Kier alpha value is -4.93. The van der Waals surface area contributed by atoms with Gasteiger partial charge in [0.05, 0.1) is 24.9 Å². The smallest absolute Gasteiger partial charge is 0.429 e. The number of ether oxygens (including phenoxy) is 1. The average molecular weight is 610 g/mol. The SMILES string of the molecule is O=C(CCOC(=O)N(c1ccccc1-c1ccccc1)N1CCCCC1)Nc1cccc(C(=O)NCCNCc2ccco2)c1. The molecule has 45 heavy (non-hydrogen) atoms. The normalized spacial score (nSPS) is 13.2. The Morgan fingerprint density at radius 3 is 2.44 bits per heavy atom. The van der Waals surface area contributed by atoms with Crippen molar-refractivity contribution >= 4 is 29.3 Å². The van der Waals surface area contributed by atoms with Gasteiger partial charge in [0, 0.05) is 43.0 Å².